The van der Waals surface area contributed by atoms with Crippen molar-refractivity contribution in [2.45, 2.75) is 18.9 Å². The molecule has 11 heavy (non-hydrogen) atoms. The van der Waals surface area contributed by atoms with Crippen molar-refractivity contribution in [3.05, 3.63) is 0 Å². The van der Waals surface area contributed by atoms with E-state index in [1.54, 1.807) is 0 Å². The van der Waals surface area contributed by atoms with E-state index in [4.69, 9.17) is 10.5 Å². The molecule has 1 saturated carbocycles. The van der Waals surface area contributed by atoms with Crippen LogP contribution >= 0.6 is 0 Å². The summed E-state index contributed by atoms with van der Waals surface area (Å²) in [5.41, 5.74) is -0.489. The van der Waals surface area contributed by atoms with E-state index in [9.17, 15) is 4.79 Å². The number of nitrogens with zero attached hydrogens (tertiary/aromatic N) is 2. The molecule has 0 aliphatic heterocycles. The molecule has 1 aliphatic carbocycles. The number of hydrogen-bond acceptors (Lipinski definition) is 4. The SMILES string of the molecule is N#CC(=NO)C(=O)NC1CC1. The van der Waals surface area contributed by atoms with Gasteiger partial charge in [-0.15, -0.1) is 0 Å². The fraction of sp³-hybridized carbons (Fsp3) is 0.500. The molecule has 0 bridgehead atoms. The van der Waals surface area contributed by atoms with Gasteiger partial charge < -0.3 is 10.5 Å². The molecule has 0 atom stereocenters. The van der Waals surface area contributed by atoms with Gasteiger partial charge in [0.1, 0.15) is 6.07 Å². The molecule has 0 spiro atoms. The second-order valence-corrected chi connectivity index (χ2v) is 2.31. The quantitative estimate of drug-likeness (QED) is 0.322. The van der Waals surface area contributed by atoms with Gasteiger partial charge in [0.05, 0.1) is 0 Å². The van der Waals surface area contributed by atoms with E-state index < -0.39 is 11.6 Å². The zero-order chi connectivity index (χ0) is 8.27. The molecule has 0 aromatic rings. The zero-order valence-electron chi connectivity index (χ0n) is 5.74. The molecule has 0 aromatic carbocycles. The molecule has 0 radical (unpaired) electrons. The molecule has 1 rings (SSSR count). The second kappa shape index (κ2) is 3.01. The summed E-state index contributed by atoms with van der Waals surface area (Å²) in [5.74, 6) is -0.600. The molecular weight excluding hydrogens is 146 g/mol. The Morgan fingerprint density at radius 1 is 1.73 bits per heavy atom. The van der Waals surface area contributed by atoms with Crippen LogP contribution in [0.1, 0.15) is 12.8 Å². The highest BCUT2D eigenvalue weighted by atomic mass is 16.4. The number of carbonyl (C=O) groups is 1. The summed E-state index contributed by atoms with van der Waals surface area (Å²) in [7, 11) is 0. The predicted molar refractivity (Wildman–Crippen MR) is 36.0 cm³/mol. The lowest BCUT2D eigenvalue weighted by atomic mass is 10.4. The van der Waals surface area contributed by atoms with E-state index in [2.05, 4.69) is 10.5 Å². The fourth-order valence-corrected chi connectivity index (χ4v) is 0.600. The fourth-order valence-electron chi connectivity index (χ4n) is 0.600. The maximum Gasteiger partial charge on any atom is 0.284 e. The molecule has 5 nitrogen and oxygen atoms in total. The van der Waals surface area contributed by atoms with Crippen molar-refractivity contribution < 1.29 is 10.0 Å². The van der Waals surface area contributed by atoms with Crippen LogP contribution in [0.15, 0.2) is 5.16 Å². The largest absolute Gasteiger partial charge is 0.410 e. The Bertz CT molecular complexity index is 237. The van der Waals surface area contributed by atoms with Gasteiger partial charge in [-0.1, -0.05) is 5.16 Å². The smallest absolute Gasteiger partial charge is 0.284 e. The third-order valence-electron chi connectivity index (χ3n) is 1.33. The van der Waals surface area contributed by atoms with Crippen LogP contribution in [0.5, 0.6) is 0 Å². The first-order valence-electron chi connectivity index (χ1n) is 3.21. The second-order valence-electron chi connectivity index (χ2n) is 2.31. The van der Waals surface area contributed by atoms with Crippen molar-refractivity contribution >= 4 is 11.6 Å². The first-order chi connectivity index (χ1) is 5.27. The van der Waals surface area contributed by atoms with Crippen LogP contribution < -0.4 is 5.32 Å². The minimum absolute atomic E-state index is 0.174. The summed E-state index contributed by atoms with van der Waals surface area (Å²) >= 11 is 0. The summed E-state index contributed by atoms with van der Waals surface area (Å²) in [6.07, 6.45) is 1.88. The molecule has 5 heteroatoms. The highest BCUT2D eigenvalue weighted by Crippen LogP contribution is 2.18. The van der Waals surface area contributed by atoms with Crippen LogP contribution in [0.25, 0.3) is 0 Å². The Balaban J connectivity index is 2.45. The minimum Gasteiger partial charge on any atom is -0.410 e. The third kappa shape index (κ3) is 1.93. The van der Waals surface area contributed by atoms with Crippen LogP contribution in [0.4, 0.5) is 0 Å². The molecule has 2 N–H and O–H groups in total. The van der Waals surface area contributed by atoms with Crippen molar-refractivity contribution in [1.29, 1.82) is 5.26 Å². The summed E-state index contributed by atoms with van der Waals surface area (Å²) in [6, 6.07) is 1.65. The summed E-state index contributed by atoms with van der Waals surface area (Å²) in [4.78, 5) is 10.8. The first-order valence-corrected chi connectivity index (χ1v) is 3.21. The van der Waals surface area contributed by atoms with Gasteiger partial charge in [-0.05, 0) is 12.8 Å². The Labute approximate surface area is 63.3 Å². The molecule has 1 aliphatic rings. The van der Waals surface area contributed by atoms with Gasteiger partial charge in [0.15, 0.2) is 0 Å². The van der Waals surface area contributed by atoms with Crippen molar-refractivity contribution in [3.8, 4) is 6.07 Å². The predicted octanol–water partition coefficient (Wildman–Crippen LogP) is -0.381. The van der Waals surface area contributed by atoms with Gasteiger partial charge in [0.25, 0.3) is 5.91 Å². The van der Waals surface area contributed by atoms with Gasteiger partial charge in [-0.25, -0.2) is 0 Å². The molecule has 1 fully saturated rings. The Kier molecular flexibility index (Phi) is 2.06. The van der Waals surface area contributed by atoms with E-state index in [1.165, 1.54) is 6.07 Å². The molecule has 0 heterocycles. The minimum atomic E-state index is -0.600. The van der Waals surface area contributed by atoms with Crippen LogP contribution in [-0.4, -0.2) is 22.9 Å². The van der Waals surface area contributed by atoms with Crippen LogP contribution in [-0.2, 0) is 4.79 Å². The lowest BCUT2D eigenvalue weighted by molar-refractivity contribution is -0.114. The van der Waals surface area contributed by atoms with Crippen molar-refractivity contribution in [2.75, 3.05) is 0 Å². The third-order valence-corrected chi connectivity index (χ3v) is 1.33. The summed E-state index contributed by atoms with van der Waals surface area (Å²) in [5, 5.41) is 21.4. The normalized spacial score (nSPS) is 17.2. The molecule has 0 unspecified atom stereocenters. The maximum absolute atomic E-state index is 10.8. The lowest BCUT2D eigenvalue weighted by Crippen LogP contribution is -2.31. The first kappa shape index (κ1) is 7.54. The number of nitriles is 1. The van der Waals surface area contributed by atoms with Crippen molar-refractivity contribution in [1.82, 2.24) is 5.32 Å². The average Bonchev–Trinajstić information content (AvgIpc) is 2.74. The molecular formula is C6H7N3O2. The van der Waals surface area contributed by atoms with Gasteiger partial charge in [-0.2, -0.15) is 5.26 Å². The highest BCUT2D eigenvalue weighted by molar-refractivity contribution is 6.45. The number of hydrogen-bond donors (Lipinski definition) is 2. The van der Waals surface area contributed by atoms with E-state index in [0.29, 0.717) is 0 Å². The number of nitrogens with one attached hydrogen (secondary N) is 1. The van der Waals surface area contributed by atoms with E-state index in [-0.39, 0.29) is 6.04 Å². The number of rotatable bonds is 2. The van der Waals surface area contributed by atoms with E-state index in [1.807, 2.05) is 0 Å². The van der Waals surface area contributed by atoms with Crippen LogP contribution in [0.2, 0.25) is 0 Å². The van der Waals surface area contributed by atoms with E-state index in [0.717, 1.165) is 12.8 Å². The molecule has 0 saturated heterocycles. The van der Waals surface area contributed by atoms with Crippen LogP contribution in [0, 0.1) is 11.3 Å². The number of carbonyl (C=O) groups excluding carboxylic acids is 1. The van der Waals surface area contributed by atoms with Crippen molar-refractivity contribution in [3.63, 3.8) is 0 Å². The molecule has 58 valence electrons. The average molecular weight is 153 g/mol. The lowest BCUT2D eigenvalue weighted by Gasteiger charge is -1.96. The van der Waals surface area contributed by atoms with Gasteiger partial charge in [0, 0.05) is 6.04 Å². The monoisotopic (exact) mass is 153 g/mol. The van der Waals surface area contributed by atoms with Gasteiger partial charge in [0.2, 0.25) is 5.71 Å². The van der Waals surface area contributed by atoms with Crippen molar-refractivity contribution in [2.24, 2.45) is 5.16 Å². The Morgan fingerprint density at radius 3 is 2.73 bits per heavy atom. The van der Waals surface area contributed by atoms with Gasteiger partial charge >= 0.3 is 0 Å². The zero-order valence-corrected chi connectivity index (χ0v) is 5.74. The molecule has 1 amide bonds. The topological polar surface area (TPSA) is 85.5 Å². The Morgan fingerprint density at radius 2 is 2.36 bits per heavy atom. The Hall–Kier alpha value is -1.57. The highest BCUT2D eigenvalue weighted by Gasteiger charge is 2.25. The standard InChI is InChI=1S/C6H7N3O2/c7-3-5(9-11)6(10)8-4-1-2-4/h4,11H,1-2H2,(H,8,10). The van der Waals surface area contributed by atoms with E-state index >= 15 is 0 Å². The number of oxime groups is 1. The maximum atomic E-state index is 10.8. The summed E-state index contributed by atoms with van der Waals surface area (Å²) < 4.78 is 0. The van der Waals surface area contributed by atoms with Crippen LogP contribution in [0.3, 0.4) is 0 Å². The molecule has 0 aromatic heterocycles. The van der Waals surface area contributed by atoms with Gasteiger partial charge in [-0.3, -0.25) is 4.79 Å². The summed E-state index contributed by atoms with van der Waals surface area (Å²) in [6.45, 7) is 0. The number of amides is 1.